The van der Waals surface area contributed by atoms with Gasteiger partial charge in [0, 0.05) is 5.38 Å². The first kappa shape index (κ1) is 12.8. The second-order valence-electron chi connectivity index (χ2n) is 3.53. The molecule has 0 spiro atoms. The van der Waals surface area contributed by atoms with Crippen molar-refractivity contribution in [3.8, 4) is 5.75 Å². The summed E-state index contributed by atoms with van der Waals surface area (Å²) in [5, 5.41) is 24.4. The molecule has 1 heterocycles. The number of carboxylic acids is 1. The maximum absolute atomic E-state index is 10.7. The predicted molar refractivity (Wildman–Crippen MR) is 72.8 cm³/mol. The molecule has 0 amide bonds. The van der Waals surface area contributed by atoms with Gasteiger partial charge in [-0.05, 0) is 17.7 Å². The first-order valence-electron chi connectivity index (χ1n) is 5.12. The molecule has 0 aliphatic rings. The zero-order valence-corrected chi connectivity index (χ0v) is 10.4. The summed E-state index contributed by atoms with van der Waals surface area (Å²) >= 11 is 1.31. The third-order valence-electron chi connectivity index (χ3n) is 2.15. The molecule has 2 rings (SSSR count). The Kier molecular flexibility index (Phi) is 3.62. The van der Waals surface area contributed by atoms with Crippen LogP contribution in [0.3, 0.4) is 0 Å². The number of benzene rings is 1. The number of nitrogen functional groups attached to an aromatic ring is 1. The van der Waals surface area contributed by atoms with Crippen LogP contribution >= 0.6 is 11.3 Å². The maximum Gasteiger partial charge on any atom is 0.339 e. The molecule has 98 valence electrons. The number of phenols is 1. The van der Waals surface area contributed by atoms with Crippen LogP contribution in [0.1, 0.15) is 15.9 Å². The first-order valence-corrected chi connectivity index (χ1v) is 6.00. The fourth-order valence-electron chi connectivity index (χ4n) is 1.31. The molecule has 8 heteroatoms. The number of rotatable bonds is 4. The summed E-state index contributed by atoms with van der Waals surface area (Å²) in [6.45, 7) is 0. The highest BCUT2D eigenvalue weighted by molar-refractivity contribution is 7.14. The van der Waals surface area contributed by atoms with Gasteiger partial charge in [-0.2, -0.15) is 5.10 Å². The molecule has 0 atom stereocenters. The molecule has 2 aromatic rings. The van der Waals surface area contributed by atoms with Crippen LogP contribution in [0.2, 0.25) is 0 Å². The Labute approximate surface area is 112 Å². The minimum atomic E-state index is -1.18. The van der Waals surface area contributed by atoms with Crippen LogP contribution in [-0.4, -0.2) is 27.4 Å². The van der Waals surface area contributed by atoms with E-state index < -0.39 is 5.97 Å². The summed E-state index contributed by atoms with van der Waals surface area (Å²) in [6.07, 6.45) is 1.43. The number of nitrogens with two attached hydrogens (primary N) is 1. The molecule has 0 radical (unpaired) electrons. The van der Waals surface area contributed by atoms with Gasteiger partial charge in [0.25, 0.3) is 0 Å². The molecule has 0 aliphatic carbocycles. The molecule has 5 N–H and O–H groups in total. The highest BCUT2D eigenvalue weighted by Gasteiger charge is 2.08. The average Bonchev–Trinajstić information content (AvgIpc) is 2.75. The summed E-state index contributed by atoms with van der Waals surface area (Å²) in [5.41, 5.74) is 8.52. The SMILES string of the molecule is Nc1csc(NN=Cc2ccc(C(=O)O)c(O)c2)n1. The van der Waals surface area contributed by atoms with Gasteiger partial charge in [-0.15, -0.1) is 11.3 Å². The number of anilines is 2. The predicted octanol–water partition coefficient (Wildman–Crippen LogP) is 1.58. The minimum Gasteiger partial charge on any atom is -0.507 e. The Morgan fingerprint density at radius 2 is 2.32 bits per heavy atom. The molecule has 0 fully saturated rings. The first-order chi connectivity index (χ1) is 9.06. The number of nitrogens with one attached hydrogen (secondary N) is 1. The van der Waals surface area contributed by atoms with Gasteiger partial charge in [0.2, 0.25) is 5.13 Å². The number of aromatic hydroxyl groups is 1. The molecular formula is C11H10N4O3S. The van der Waals surface area contributed by atoms with E-state index in [9.17, 15) is 9.90 Å². The fraction of sp³-hybridized carbons (Fsp3) is 0. The number of hydrazone groups is 1. The number of aromatic nitrogens is 1. The van der Waals surface area contributed by atoms with E-state index in [1.54, 1.807) is 5.38 Å². The summed E-state index contributed by atoms with van der Waals surface area (Å²) in [6, 6.07) is 4.15. The van der Waals surface area contributed by atoms with E-state index in [-0.39, 0.29) is 11.3 Å². The Bertz CT molecular complexity index is 639. The van der Waals surface area contributed by atoms with Crippen molar-refractivity contribution in [2.24, 2.45) is 5.10 Å². The summed E-state index contributed by atoms with van der Waals surface area (Å²) in [5.74, 6) is -1.08. The number of carbonyl (C=O) groups is 1. The zero-order chi connectivity index (χ0) is 13.8. The number of nitrogens with zero attached hydrogens (tertiary/aromatic N) is 2. The lowest BCUT2D eigenvalue weighted by Gasteiger charge is -2.00. The van der Waals surface area contributed by atoms with E-state index in [4.69, 9.17) is 10.8 Å². The highest BCUT2D eigenvalue weighted by atomic mass is 32.1. The molecule has 7 nitrogen and oxygen atoms in total. The second-order valence-corrected chi connectivity index (χ2v) is 4.39. The molecule has 1 aromatic heterocycles. The van der Waals surface area contributed by atoms with E-state index in [1.165, 1.54) is 35.8 Å². The summed E-state index contributed by atoms with van der Waals surface area (Å²) < 4.78 is 0. The van der Waals surface area contributed by atoms with Crippen LogP contribution in [0, 0.1) is 0 Å². The lowest BCUT2D eigenvalue weighted by atomic mass is 10.1. The minimum absolute atomic E-state index is 0.155. The zero-order valence-electron chi connectivity index (χ0n) is 9.57. The van der Waals surface area contributed by atoms with Gasteiger partial charge < -0.3 is 15.9 Å². The quantitative estimate of drug-likeness (QED) is 0.497. The van der Waals surface area contributed by atoms with Crippen molar-refractivity contribution in [1.29, 1.82) is 0 Å². The van der Waals surface area contributed by atoms with Gasteiger partial charge in [0.15, 0.2) is 0 Å². The Balaban J connectivity index is 2.07. The smallest absolute Gasteiger partial charge is 0.339 e. The molecule has 0 aliphatic heterocycles. The molecule has 0 bridgehead atoms. The van der Waals surface area contributed by atoms with E-state index in [2.05, 4.69) is 15.5 Å². The third-order valence-corrected chi connectivity index (χ3v) is 2.91. The Hall–Kier alpha value is -2.61. The number of thiazole rings is 1. The normalized spacial score (nSPS) is 10.7. The molecule has 1 aromatic carbocycles. The van der Waals surface area contributed by atoms with Gasteiger partial charge >= 0.3 is 5.97 Å². The molecule has 19 heavy (non-hydrogen) atoms. The molecule has 0 unspecified atom stereocenters. The van der Waals surface area contributed by atoms with Crippen molar-refractivity contribution < 1.29 is 15.0 Å². The lowest BCUT2D eigenvalue weighted by molar-refractivity contribution is 0.0694. The second kappa shape index (κ2) is 5.36. The maximum atomic E-state index is 10.7. The van der Waals surface area contributed by atoms with E-state index in [1.807, 2.05) is 0 Å². The number of hydrogen-bond acceptors (Lipinski definition) is 7. The van der Waals surface area contributed by atoms with Crippen molar-refractivity contribution in [3.63, 3.8) is 0 Å². The van der Waals surface area contributed by atoms with Crippen LogP contribution in [0.15, 0.2) is 28.7 Å². The highest BCUT2D eigenvalue weighted by Crippen LogP contribution is 2.18. The molecular weight excluding hydrogens is 268 g/mol. The van der Waals surface area contributed by atoms with Crippen molar-refractivity contribution in [2.45, 2.75) is 0 Å². The fourth-order valence-corrected chi connectivity index (χ4v) is 1.86. The number of carboxylic acid groups (broad SMARTS) is 1. The van der Waals surface area contributed by atoms with E-state index >= 15 is 0 Å². The average molecular weight is 278 g/mol. The van der Waals surface area contributed by atoms with Gasteiger partial charge in [0.1, 0.15) is 17.1 Å². The number of aromatic carboxylic acids is 1. The van der Waals surface area contributed by atoms with Gasteiger partial charge in [-0.25, -0.2) is 9.78 Å². The molecule has 0 saturated heterocycles. The van der Waals surface area contributed by atoms with E-state index in [0.717, 1.165) is 0 Å². The Morgan fingerprint density at radius 1 is 1.53 bits per heavy atom. The number of hydrogen-bond donors (Lipinski definition) is 4. The lowest BCUT2D eigenvalue weighted by Crippen LogP contribution is -1.97. The van der Waals surface area contributed by atoms with Crippen LogP contribution in [-0.2, 0) is 0 Å². The topological polar surface area (TPSA) is 121 Å². The van der Waals surface area contributed by atoms with Crippen molar-refractivity contribution >= 4 is 34.5 Å². The Morgan fingerprint density at radius 3 is 2.89 bits per heavy atom. The van der Waals surface area contributed by atoms with Gasteiger partial charge in [0.05, 0.1) is 6.21 Å². The van der Waals surface area contributed by atoms with Crippen LogP contribution < -0.4 is 11.2 Å². The van der Waals surface area contributed by atoms with Crippen molar-refractivity contribution in [2.75, 3.05) is 11.2 Å². The monoisotopic (exact) mass is 278 g/mol. The van der Waals surface area contributed by atoms with Crippen LogP contribution in [0.4, 0.5) is 10.9 Å². The van der Waals surface area contributed by atoms with Crippen molar-refractivity contribution in [3.05, 3.63) is 34.7 Å². The third kappa shape index (κ3) is 3.19. The summed E-state index contributed by atoms with van der Waals surface area (Å²) in [4.78, 5) is 14.7. The van der Waals surface area contributed by atoms with E-state index in [0.29, 0.717) is 16.5 Å². The van der Waals surface area contributed by atoms with Crippen LogP contribution in [0.25, 0.3) is 0 Å². The molecule has 0 saturated carbocycles. The largest absolute Gasteiger partial charge is 0.507 e. The summed E-state index contributed by atoms with van der Waals surface area (Å²) in [7, 11) is 0. The van der Waals surface area contributed by atoms with Crippen molar-refractivity contribution in [1.82, 2.24) is 4.98 Å². The van der Waals surface area contributed by atoms with Crippen LogP contribution in [0.5, 0.6) is 5.75 Å². The van der Waals surface area contributed by atoms with Gasteiger partial charge in [-0.3, -0.25) is 5.43 Å². The van der Waals surface area contributed by atoms with Gasteiger partial charge in [-0.1, -0.05) is 6.07 Å². The standard InChI is InChI=1S/C11H10N4O3S/c12-9-5-19-11(14-9)15-13-4-6-1-2-7(10(17)18)8(16)3-6/h1-5,16H,12H2,(H,14,15)(H,17,18).